The normalized spacial score (nSPS) is 18.0. The number of hydrogen-bond acceptors (Lipinski definition) is 6. The van der Waals surface area contributed by atoms with E-state index in [9.17, 15) is 19.5 Å². The molecular weight excluding hydrogens is 410 g/mol. The Kier molecular flexibility index (Phi) is 6.55. The summed E-state index contributed by atoms with van der Waals surface area (Å²) in [5.41, 5.74) is 3.26. The first-order valence-corrected chi connectivity index (χ1v) is 10.4. The molecule has 0 aliphatic carbocycles. The molecule has 8 nitrogen and oxygen atoms in total. The number of ketones is 1. The van der Waals surface area contributed by atoms with Gasteiger partial charge in [0.15, 0.2) is 0 Å². The van der Waals surface area contributed by atoms with Gasteiger partial charge in [-0.2, -0.15) is 0 Å². The second-order valence-electron chi connectivity index (χ2n) is 8.32. The topological polar surface area (TPSA) is 103 Å². The average Bonchev–Trinajstić information content (AvgIpc) is 3.18. The van der Waals surface area contributed by atoms with Crippen molar-refractivity contribution < 1.29 is 24.2 Å². The van der Waals surface area contributed by atoms with Gasteiger partial charge in [0.1, 0.15) is 11.5 Å². The van der Waals surface area contributed by atoms with Crippen molar-refractivity contribution in [3.63, 3.8) is 0 Å². The summed E-state index contributed by atoms with van der Waals surface area (Å²) in [5, 5.41) is 11.3. The Hall–Kier alpha value is -3.39. The van der Waals surface area contributed by atoms with Crippen LogP contribution in [0.5, 0.6) is 0 Å². The Bertz CT molecular complexity index is 1100. The molecule has 170 valence electrons. The number of hydrogen-bond donors (Lipinski definition) is 2. The molecular formula is C24H29N3O5. The predicted molar refractivity (Wildman–Crippen MR) is 120 cm³/mol. The molecule has 0 radical (unpaired) electrons. The Morgan fingerprint density at radius 1 is 1.16 bits per heavy atom. The first kappa shape index (κ1) is 23.3. The van der Waals surface area contributed by atoms with E-state index in [0.717, 1.165) is 11.1 Å². The van der Waals surface area contributed by atoms with Crippen LogP contribution in [0.25, 0.3) is 5.76 Å². The highest BCUT2D eigenvalue weighted by Crippen LogP contribution is 2.40. The number of likely N-dealkylation sites (N-methyl/N-ethyl adjacent to an activating group) is 1. The number of rotatable bonds is 6. The van der Waals surface area contributed by atoms with E-state index in [1.54, 1.807) is 13.8 Å². The molecule has 2 aromatic rings. The number of Topliss-reactive ketones (excluding diaryl/α,β-unsaturated/α-hetero) is 1. The van der Waals surface area contributed by atoms with Gasteiger partial charge in [-0.25, -0.2) is 4.79 Å². The van der Waals surface area contributed by atoms with Crippen LogP contribution in [-0.4, -0.2) is 71.8 Å². The van der Waals surface area contributed by atoms with Gasteiger partial charge in [-0.05, 0) is 46.0 Å². The number of aliphatic hydroxyl groups excluding tert-OH is 1. The van der Waals surface area contributed by atoms with E-state index in [4.69, 9.17) is 4.74 Å². The second-order valence-corrected chi connectivity index (χ2v) is 8.32. The lowest BCUT2D eigenvalue weighted by Gasteiger charge is -2.26. The third-order valence-electron chi connectivity index (χ3n) is 5.78. The summed E-state index contributed by atoms with van der Waals surface area (Å²) in [7, 11) is 5.04. The van der Waals surface area contributed by atoms with Crippen molar-refractivity contribution in [2.45, 2.75) is 26.8 Å². The van der Waals surface area contributed by atoms with E-state index in [1.165, 1.54) is 12.0 Å². The number of nitrogens with one attached hydrogen (secondary N) is 1. The van der Waals surface area contributed by atoms with Crippen molar-refractivity contribution in [1.82, 2.24) is 14.8 Å². The summed E-state index contributed by atoms with van der Waals surface area (Å²) in [6, 6.07) is 6.80. The summed E-state index contributed by atoms with van der Waals surface area (Å²) in [4.78, 5) is 44.5. The molecule has 2 N–H and O–H groups in total. The van der Waals surface area contributed by atoms with Crippen LogP contribution in [0.4, 0.5) is 0 Å². The molecule has 1 atom stereocenters. The van der Waals surface area contributed by atoms with Crippen LogP contribution in [0.2, 0.25) is 0 Å². The van der Waals surface area contributed by atoms with Gasteiger partial charge in [0, 0.05) is 24.3 Å². The highest BCUT2D eigenvalue weighted by molar-refractivity contribution is 6.46. The maximum atomic E-state index is 13.1. The molecule has 32 heavy (non-hydrogen) atoms. The van der Waals surface area contributed by atoms with E-state index in [-0.39, 0.29) is 17.0 Å². The lowest BCUT2D eigenvalue weighted by atomic mass is 9.93. The summed E-state index contributed by atoms with van der Waals surface area (Å²) < 4.78 is 4.80. The zero-order chi connectivity index (χ0) is 23.7. The molecule has 1 aliphatic heterocycles. The van der Waals surface area contributed by atoms with Crippen LogP contribution < -0.4 is 0 Å². The number of likely N-dealkylation sites (tertiary alicyclic amines) is 1. The van der Waals surface area contributed by atoms with Crippen LogP contribution >= 0.6 is 0 Å². The number of benzene rings is 1. The minimum Gasteiger partial charge on any atom is -0.507 e. The number of H-pyrrole nitrogens is 1. The highest BCUT2D eigenvalue weighted by Gasteiger charge is 2.46. The summed E-state index contributed by atoms with van der Waals surface area (Å²) >= 11 is 0. The van der Waals surface area contributed by atoms with Gasteiger partial charge in [-0.3, -0.25) is 9.59 Å². The van der Waals surface area contributed by atoms with Gasteiger partial charge >= 0.3 is 5.97 Å². The molecule has 1 aliphatic rings. The Labute approximate surface area is 187 Å². The van der Waals surface area contributed by atoms with Crippen LogP contribution in [0.15, 0.2) is 29.8 Å². The smallest absolute Gasteiger partial charge is 0.354 e. The first-order chi connectivity index (χ1) is 15.1. The van der Waals surface area contributed by atoms with Gasteiger partial charge in [-0.1, -0.05) is 29.8 Å². The number of ether oxygens (including phenoxy) is 1. The van der Waals surface area contributed by atoms with Crippen molar-refractivity contribution in [2.24, 2.45) is 0 Å². The van der Waals surface area contributed by atoms with Gasteiger partial charge in [-0.15, -0.1) is 0 Å². The van der Waals surface area contributed by atoms with Crippen molar-refractivity contribution in [2.75, 3.05) is 34.3 Å². The molecule has 1 aromatic carbocycles. The van der Waals surface area contributed by atoms with E-state index in [0.29, 0.717) is 29.9 Å². The summed E-state index contributed by atoms with van der Waals surface area (Å²) in [5.74, 6) is -2.28. The molecule has 1 amide bonds. The fraction of sp³-hybridized carbons (Fsp3) is 0.375. The number of amides is 1. The minimum atomic E-state index is -0.744. The molecule has 0 spiro atoms. The number of nitrogens with zero attached hydrogens (tertiary/aromatic N) is 2. The molecule has 3 rings (SSSR count). The van der Waals surface area contributed by atoms with Crippen LogP contribution in [0.1, 0.15) is 44.5 Å². The molecule has 0 bridgehead atoms. The van der Waals surface area contributed by atoms with Crippen LogP contribution in [0.3, 0.4) is 0 Å². The number of carbonyl (C=O) groups is 3. The van der Waals surface area contributed by atoms with Crippen molar-refractivity contribution in [1.29, 1.82) is 0 Å². The zero-order valence-electron chi connectivity index (χ0n) is 19.3. The van der Waals surface area contributed by atoms with Gasteiger partial charge in [0.05, 0.1) is 18.7 Å². The summed E-state index contributed by atoms with van der Waals surface area (Å²) in [6.45, 7) is 6.19. The Morgan fingerprint density at radius 3 is 2.34 bits per heavy atom. The minimum absolute atomic E-state index is 0.0132. The average molecular weight is 440 g/mol. The maximum Gasteiger partial charge on any atom is 0.354 e. The third kappa shape index (κ3) is 4.05. The lowest BCUT2D eigenvalue weighted by Crippen LogP contribution is -2.35. The number of aliphatic hydroxyl groups is 1. The number of esters is 1. The fourth-order valence-electron chi connectivity index (χ4n) is 4.06. The van der Waals surface area contributed by atoms with Crippen molar-refractivity contribution in [3.05, 3.63) is 63.5 Å². The molecule has 1 fully saturated rings. The van der Waals surface area contributed by atoms with Crippen LogP contribution in [-0.2, 0) is 14.3 Å². The number of methoxy groups -OCH3 is 1. The van der Waals surface area contributed by atoms with E-state index in [1.807, 2.05) is 50.2 Å². The molecule has 0 saturated carbocycles. The maximum absolute atomic E-state index is 13.1. The fourth-order valence-corrected chi connectivity index (χ4v) is 4.06. The number of carbonyl (C=O) groups excluding carboxylic acids is 3. The SMILES string of the molecule is COC(=O)c1[nH]c(C)c(/C(O)=C2\C(=O)C(=O)N(CCN(C)C)[C@@H]2c2ccc(C)cc2)c1C. The number of aryl methyl sites for hydroxylation is 2. The third-order valence-corrected chi connectivity index (χ3v) is 5.78. The predicted octanol–water partition coefficient (Wildman–Crippen LogP) is 2.71. The van der Waals surface area contributed by atoms with E-state index < -0.39 is 23.7 Å². The van der Waals surface area contributed by atoms with Gasteiger partial charge in [0.2, 0.25) is 0 Å². The molecule has 1 saturated heterocycles. The molecule has 2 heterocycles. The molecule has 0 unspecified atom stereocenters. The van der Waals surface area contributed by atoms with Crippen molar-refractivity contribution in [3.8, 4) is 0 Å². The van der Waals surface area contributed by atoms with Gasteiger partial charge < -0.3 is 24.6 Å². The van der Waals surface area contributed by atoms with Crippen LogP contribution in [0, 0.1) is 20.8 Å². The number of aromatic nitrogens is 1. The van der Waals surface area contributed by atoms with E-state index >= 15 is 0 Å². The van der Waals surface area contributed by atoms with E-state index in [2.05, 4.69) is 4.98 Å². The Balaban J connectivity index is 2.21. The monoisotopic (exact) mass is 439 g/mol. The van der Waals surface area contributed by atoms with Gasteiger partial charge in [0.25, 0.3) is 11.7 Å². The summed E-state index contributed by atoms with van der Waals surface area (Å²) in [6.07, 6.45) is 0. The largest absolute Gasteiger partial charge is 0.507 e. The standard InChI is InChI=1S/C24H29N3O5/c1-13-7-9-16(10-8-13)20-18(22(29)23(30)27(20)12-11-26(4)5)21(28)17-14(2)19(24(31)32-6)25-15(17)3/h7-10,20,25,28H,11-12H2,1-6H3/b21-18+/t20-/m1/s1. The second kappa shape index (κ2) is 9.00. The first-order valence-electron chi connectivity index (χ1n) is 10.4. The molecule has 8 heteroatoms. The number of aromatic amines is 1. The highest BCUT2D eigenvalue weighted by atomic mass is 16.5. The Morgan fingerprint density at radius 2 is 1.78 bits per heavy atom. The quantitative estimate of drug-likeness (QED) is 0.311. The molecule has 1 aromatic heterocycles. The zero-order valence-corrected chi connectivity index (χ0v) is 19.3. The van der Waals surface area contributed by atoms with Crippen molar-refractivity contribution >= 4 is 23.4 Å². The lowest BCUT2D eigenvalue weighted by molar-refractivity contribution is -0.140.